The summed E-state index contributed by atoms with van der Waals surface area (Å²) in [5.41, 5.74) is 8.49. The first-order valence-electron chi connectivity index (χ1n) is 7.69. The highest BCUT2D eigenvalue weighted by Gasteiger charge is 2.18. The van der Waals surface area contributed by atoms with Crippen molar-refractivity contribution in [2.45, 2.75) is 26.8 Å². The molecule has 1 aromatic rings. The summed E-state index contributed by atoms with van der Waals surface area (Å²) in [6.45, 7) is 9.52. The molecule has 0 aliphatic carbocycles. The average Bonchev–Trinajstić information content (AvgIpc) is 2.41. The normalized spacial score (nSPS) is 12.8. The molecule has 0 bridgehead atoms. The maximum Gasteiger partial charge on any atom is 0.125 e. The molecule has 1 rings (SSSR count). The molecule has 1 atom stereocenters. The van der Waals surface area contributed by atoms with Crippen LogP contribution in [0.3, 0.4) is 0 Å². The van der Waals surface area contributed by atoms with E-state index in [1.807, 2.05) is 19.1 Å². The molecule has 120 valence electrons. The van der Waals surface area contributed by atoms with Crippen molar-refractivity contribution < 1.29 is 4.74 Å². The summed E-state index contributed by atoms with van der Waals surface area (Å²) < 4.78 is 5.51. The Morgan fingerprint density at radius 1 is 1.14 bits per heavy atom. The number of methoxy groups -OCH3 is 1. The summed E-state index contributed by atoms with van der Waals surface area (Å²) in [4.78, 5) is 4.63. The molecule has 0 unspecified atom stereocenters. The lowest BCUT2D eigenvalue weighted by molar-refractivity contribution is 0.402. The van der Waals surface area contributed by atoms with Crippen molar-refractivity contribution in [3.8, 4) is 5.75 Å². The van der Waals surface area contributed by atoms with Gasteiger partial charge in [0.05, 0.1) is 7.11 Å². The second kappa shape index (κ2) is 8.25. The summed E-state index contributed by atoms with van der Waals surface area (Å²) in [6.07, 6.45) is 0. The highest BCUT2D eigenvalue weighted by atomic mass is 16.5. The van der Waals surface area contributed by atoms with E-state index in [4.69, 9.17) is 10.5 Å². The van der Waals surface area contributed by atoms with Gasteiger partial charge in [-0.15, -0.1) is 0 Å². The van der Waals surface area contributed by atoms with Crippen molar-refractivity contribution in [1.29, 1.82) is 0 Å². The maximum absolute atomic E-state index is 6.20. The predicted molar refractivity (Wildman–Crippen MR) is 91.2 cm³/mol. The average molecular weight is 293 g/mol. The molecule has 1 aromatic carbocycles. The Bertz CT molecular complexity index is 430. The van der Waals surface area contributed by atoms with E-state index in [0.717, 1.165) is 30.9 Å². The Morgan fingerprint density at radius 2 is 1.81 bits per heavy atom. The fraction of sp³-hybridized carbons (Fsp3) is 0.647. The largest absolute Gasteiger partial charge is 0.496 e. The summed E-state index contributed by atoms with van der Waals surface area (Å²) >= 11 is 0. The van der Waals surface area contributed by atoms with E-state index in [1.54, 1.807) is 7.11 Å². The first-order chi connectivity index (χ1) is 9.86. The first-order valence-corrected chi connectivity index (χ1v) is 7.69. The van der Waals surface area contributed by atoms with E-state index in [1.165, 1.54) is 5.69 Å². The third-order valence-corrected chi connectivity index (χ3v) is 3.46. The zero-order valence-corrected chi connectivity index (χ0v) is 14.4. The van der Waals surface area contributed by atoms with Crippen LogP contribution in [0.4, 0.5) is 5.69 Å². The molecule has 0 aliphatic rings. The van der Waals surface area contributed by atoms with Gasteiger partial charge in [0.15, 0.2) is 0 Å². The number of anilines is 1. The van der Waals surface area contributed by atoms with E-state index in [9.17, 15) is 0 Å². The lowest BCUT2D eigenvalue weighted by Crippen LogP contribution is -2.35. The lowest BCUT2D eigenvalue weighted by atomic mass is 10.0. The molecule has 0 aliphatic heterocycles. The second-order valence-corrected chi connectivity index (χ2v) is 6.32. The molecule has 4 nitrogen and oxygen atoms in total. The Morgan fingerprint density at radius 3 is 2.29 bits per heavy atom. The number of hydrogen-bond acceptors (Lipinski definition) is 4. The third kappa shape index (κ3) is 5.21. The SMILES string of the molecule is COc1cccc(N(CCN(C)C)CC(C)C)c1[C@@H](C)N. The van der Waals surface area contributed by atoms with Crippen molar-refractivity contribution in [3.63, 3.8) is 0 Å². The zero-order valence-electron chi connectivity index (χ0n) is 14.4. The molecule has 21 heavy (non-hydrogen) atoms. The topological polar surface area (TPSA) is 41.7 Å². The zero-order chi connectivity index (χ0) is 16.0. The molecule has 0 amide bonds. The minimum Gasteiger partial charge on any atom is -0.496 e. The number of likely N-dealkylation sites (N-methyl/N-ethyl adjacent to an activating group) is 1. The molecule has 0 saturated carbocycles. The molecule has 0 aromatic heterocycles. The van der Waals surface area contributed by atoms with Gasteiger partial charge in [-0.2, -0.15) is 0 Å². The molecule has 0 spiro atoms. The van der Waals surface area contributed by atoms with Crippen LogP contribution >= 0.6 is 0 Å². The number of nitrogens with zero attached hydrogens (tertiary/aromatic N) is 2. The van der Waals surface area contributed by atoms with Gasteiger partial charge in [-0.3, -0.25) is 0 Å². The Hall–Kier alpha value is -1.26. The minimum atomic E-state index is -0.0508. The number of benzene rings is 1. The van der Waals surface area contributed by atoms with E-state index in [2.05, 4.69) is 43.8 Å². The highest BCUT2D eigenvalue weighted by molar-refractivity contribution is 5.60. The molecule has 0 radical (unpaired) electrons. The van der Waals surface area contributed by atoms with Crippen molar-refractivity contribution in [3.05, 3.63) is 23.8 Å². The number of ether oxygens (including phenoxy) is 1. The number of rotatable bonds is 8. The number of hydrogen-bond donors (Lipinski definition) is 1. The van der Waals surface area contributed by atoms with Gasteiger partial charge in [0.1, 0.15) is 5.75 Å². The van der Waals surface area contributed by atoms with Crippen LogP contribution in [0.5, 0.6) is 5.75 Å². The van der Waals surface area contributed by atoms with Gasteiger partial charge in [-0.25, -0.2) is 0 Å². The first kappa shape index (κ1) is 17.8. The summed E-state index contributed by atoms with van der Waals surface area (Å²) in [7, 11) is 5.91. The predicted octanol–water partition coefficient (Wildman–Crippen LogP) is 2.74. The molecule has 2 N–H and O–H groups in total. The summed E-state index contributed by atoms with van der Waals surface area (Å²) in [5, 5.41) is 0. The van der Waals surface area contributed by atoms with Crippen LogP contribution in [0, 0.1) is 5.92 Å². The fourth-order valence-electron chi connectivity index (χ4n) is 2.52. The van der Waals surface area contributed by atoms with E-state index < -0.39 is 0 Å². The fourth-order valence-corrected chi connectivity index (χ4v) is 2.52. The van der Waals surface area contributed by atoms with Gasteiger partial charge in [-0.05, 0) is 39.1 Å². The van der Waals surface area contributed by atoms with Crippen LogP contribution in [0.2, 0.25) is 0 Å². The summed E-state index contributed by atoms with van der Waals surface area (Å²) in [5.74, 6) is 1.47. The van der Waals surface area contributed by atoms with Crippen LogP contribution in [0.25, 0.3) is 0 Å². The maximum atomic E-state index is 6.20. The minimum absolute atomic E-state index is 0.0508. The van der Waals surface area contributed by atoms with Gasteiger partial charge >= 0.3 is 0 Å². The standard InChI is InChI=1S/C17H31N3O/c1-13(2)12-20(11-10-19(4)5)15-8-7-9-16(21-6)17(15)14(3)18/h7-9,13-14H,10-12,18H2,1-6H3/t14-/m1/s1. The van der Waals surface area contributed by atoms with Gasteiger partial charge < -0.3 is 20.3 Å². The van der Waals surface area contributed by atoms with E-state index in [-0.39, 0.29) is 6.04 Å². The Labute approximate surface area is 129 Å². The van der Waals surface area contributed by atoms with Gasteiger partial charge in [-0.1, -0.05) is 19.9 Å². The Balaban J connectivity index is 3.16. The van der Waals surface area contributed by atoms with Crippen molar-refractivity contribution in [1.82, 2.24) is 4.90 Å². The van der Waals surface area contributed by atoms with E-state index in [0.29, 0.717) is 5.92 Å². The van der Waals surface area contributed by atoms with Gasteiger partial charge in [0, 0.05) is 36.9 Å². The third-order valence-electron chi connectivity index (χ3n) is 3.46. The monoisotopic (exact) mass is 293 g/mol. The Kier molecular flexibility index (Phi) is 6.99. The molecule has 0 saturated heterocycles. The quantitative estimate of drug-likeness (QED) is 0.800. The van der Waals surface area contributed by atoms with E-state index >= 15 is 0 Å². The van der Waals surface area contributed by atoms with Gasteiger partial charge in [0.25, 0.3) is 0 Å². The summed E-state index contributed by atoms with van der Waals surface area (Å²) in [6, 6.07) is 6.13. The molecular formula is C17H31N3O. The number of nitrogens with two attached hydrogens (primary N) is 1. The molecular weight excluding hydrogens is 262 g/mol. The molecule has 0 heterocycles. The van der Waals surface area contributed by atoms with Gasteiger partial charge in [0.2, 0.25) is 0 Å². The lowest BCUT2D eigenvalue weighted by Gasteiger charge is -2.31. The van der Waals surface area contributed by atoms with Crippen LogP contribution in [0.15, 0.2) is 18.2 Å². The molecule has 0 fully saturated rings. The second-order valence-electron chi connectivity index (χ2n) is 6.32. The highest BCUT2D eigenvalue weighted by Crippen LogP contribution is 2.33. The van der Waals surface area contributed by atoms with Crippen molar-refractivity contribution in [2.75, 3.05) is 45.7 Å². The molecule has 4 heteroatoms. The van der Waals surface area contributed by atoms with Crippen LogP contribution < -0.4 is 15.4 Å². The van der Waals surface area contributed by atoms with Crippen LogP contribution in [-0.2, 0) is 0 Å². The van der Waals surface area contributed by atoms with Crippen LogP contribution in [0.1, 0.15) is 32.4 Å². The van der Waals surface area contributed by atoms with Crippen LogP contribution in [-0.4, -0.2) is 45.7 Å². The smallest absolute Gasteiger partial charge is 0.125 e. The van der Waals surface area contributed by atoms with Crippen molar-refractivity contribution >= 4 is 5.69 Å². The van der Waals surface area contributed by atoms with Crippen molar-refractivity contribution in [2.24, 2.45) is 11.7 Å².